The van der Waals surface area contributed by atoms with E-state index in [1.54, 1.807) is 11.8 Å². The summed E-state index contributed by atoms with van der Waals surface area (Å²) in [5, 5.41) is 0.830. The van der Waals surface area contributed by atoms with Crippen molar-refractivity contribution < 1.29 is 9.53 Å². The van der Waals surface area contributed by atoms with Crippen LogP contribution in [0.1, 0.15) is 26.3 Å². The van der Waals surface area contributed by atoms with E-state index in [0.717, 1.165) is 21.9 Å². The summed E-state index contributed by atoms with van der Waals surface area (Å²) < 4.78 is 7.42. The number of benzene rings is 2. The first-order valence-corrected chi connectivity index (χ1v) is 9.25. The lowest BCUT2D eigenvalue weighted by Gasteiger charge is -2.20. The van der Waals surface area contributed by atoms with Crippen LogP contribution in [0.4, 0.5) is 0 Å². The molecule has 0 saturated carbocycles. The van der Waals surface area contributed by atoms with Crippen LogP contribution in [0.5, 0.6) is 0 Å². The van der Waals surface area contributed by atoms with Gasteiger partial charge in [0, 0.05) is 5.75 Å². The standard InChI is InChI=1S/C20H22N2O2S/c1-20(2,3)24-18(23)13-22-17-12-8-7-11-16(17)21-19(22)25-14-15-9-5-4-6-10-15/h4-12H,13-14H2,1-3H3. The van der Waals surface area contributed by atoms with Gasteiger partial charge in [-0.3, -0.25) is 4.79 Å². The number of carbonyl (C=O) groups excluding carboxylic acids is 1. The smallest absolute Gasteiger partial charge is 0.326 e. The second kappa shape index (κ2) is 7.31. The first kappa shape index (κ1) is 17.5. The lowest BCUT2D eigenvalue weighted by molar-refractivity contribution is -0.155. The van der Waals surface area contributed by atoms with Gasteiger partial charge >= 0.3 is 5.97 Å². The maximum atomic E-state index is 12.3. The highest BCUT2D eigenvalue weighted by Gasteiger charge is 2.19. The van der Waals surface area contributed by atoms with Crippen LogP contribution >= 0.6 is 11.8 Å². The molecule has 0 aliphatic carbocycles. The van der Waals surface area contributed by atoms with Gasteiger partial charge in [-0.25, -0.2) is 4.98 Å². The van der Waals surface area contributed by atoms with Crippen molar-refractivity contribution >= 4 is 28.8 Å². The van der Waals surface area contributed by atoms with Gasteiger partial charge in [0.1, 0.15) is 12.1 Å². The molecule has 4 nitrogen and oxygen atoms in total. The molecule has 25 heavy (non-hydrogen) atoms. The minimum Gasteiger partial charge on any atom is -0.459 e. The van der Waals surface area contributed by atoms with Crippen LogP contribution in [0, 0.1) is 0 Å². The van der Waals surface area contributed by atoms with Gasteiger partial charge in [-0.2, -0.15) is 0 Å². The van der Waals surface area contributed by atoms with Gasteiger partial charge in [-0.15, -0.1) is 0 Å². The fourth-order valence-corrected chi connectivity index (χ4v) is 3.51. The molecule has 3 aromatic rings. The van der Waals surface area contributed by atoms with Crippen molar-refractivity contribution in [2.75, 3.05) is 0 Å². The molecule has 0 aliphatic rings. The fourth-order valence-electron chi connectivity index (χ4n) is 2.54. The second-order valence-electron chi connectivity index (χ2n) is 6.83. The quantitative estimate of drug-likeness (QED) is 0.493. The normalized spacial score (nSPS) is 11.6. The van der Waals surface area contributed by atoms with Crippen molar-refractivity contribution in [2.45, 2.75) is 43.8 Å². The van der Waals surface area contributed by atoms with Crippen LogP contribution in [0.15, 0.2) is 59.8 Å². The van der Waals surface area contributed by atoms with Crippen LogP contribution in [0.2, 0.25) is 0 Å². The second-order valence-corrected chi connectivity index (χ2v) is 7.77. The number of rotatable bonds is 5. The number of hydrogen-bond acceptors (Lipinski definition) is 4. The minimum atomic E-state index is -0.495. The van der Waals surface area contributed by atoms with Gasteiger partial charge in [0.15, 0.2) is 5.16 Å². The van der Waals surface area contributed by atoms with E-state index >= 15 is 0 Å². The van der Waals surface area contributed by atoms with Crippen molar-refractivity contribution in [3.8, 4) is 0 Å². The molecule has 0 unspecified atom stereocenters. The SMILES string of the molecule is CC(C)(C)OC(=O)Cn1c(SCc2ccccc2)nc2ccccc21. The van der Waals surface area contributed by atoms with Gasteiger partial charge in [-0.05, 0) is 38.5 Å². The molecule has 3 rings (SSSR count). The third-order valence-electron chi connectivity index (χ3n) is 3.54. The van der Waals surface area contributed by atoms with Crippen LogP contribution < -0.4 is 0 Å². The molecule has 0 fully saturated rings. The largest absolute Gasteiger partial charge is 0.459 e. The Bertz CT molecular complexity index is 866. The predicted molar refractivity (Wildman–Crippen MR) is 102 cm³/mol. The van der Waals surface area contributed by atoms with Crippen LogP contribution in [0.3, 0.4) is 0 Å². The summed E-state index contributed by atoms with van der Waals surface area (Å²) in [5.41, 5.74) is 2.57. The predicted octanol–water partition coefficient (Wildman–Crippen LogP) is 4.67. The maximum absolute atomic E-state index is 12.3. The average molecular weight is 354 g/mol. The van der Waals surface area contributed by atoms with E-state index in [1.807, 2.05) is 67.8 Å². The lowest BCUT2D eigenvalue weighted by Crippen LogP contribution is -2.26. The van der Waals surface area contributed by atoms with Crippen molar-refractivity contribution in [2.24, 2.45) is 0 Å². The Balaban J connectivity index is 1.85. The van der Waals surface area contributed by atoms with Crippen LogP contribution in [-0.4, -0.2) is 21.1 Å². The van der Waals surface area contributed by atoms with Gasteiger partial charge < -0.3 is 9.30 Å². The number of ether oxygens (including phenoxy) is 1. The third kappa shape index (κ3) is 4.63. The molecule has 0 atom stereocenters. The Kier molecular flexibility index (Phi) is 5.13. The molecule has 1 aromatic heterocycles. The number of thioether (sulfide) groups is 1. The molecule has 0 saturated heterocycles. The summed E-state index contributed by atoms with van der Waals surface area (Å²) in [6.07, 6.45) is 0. The Morgan fingerprint density at radius 2 is 1.76 bits per heavy atom. The Labute approximate surface area is 152 Å². The molecule has 0 radical (unpaired) electrons. The van der Waals surface area contributed by atoms with E-state index in [0.29, 0.717) is 0 Å². The molecular formula is C20H22N2O2S. The number of hydrogen-bond donors (Lipinski definition) is 0. The summed E-state index contributed by atoms with van der Waals surface area (Å²) in [6, 6.07) is 18.1. The van der Waals surface area contributed by atoms with Crippen molar-refractivity contribution in [1.29, 1.82) is 0 Å². The molecule has 0 aliphatic heterocycles. The summed E-state index contributed by atoms with van der Waals surface area (Å²) in [5.74, 6) is 0.551. The number of para-hydroxylation sites is 2. The molecule has 1 heterocycles. The molecule has 0 bridgehead atoms. The van der Waals surface area contributed by atoms with Gasteiger partial charge in [0.25, 0.3) is 0 Å². The van der Waals surface area contributed by atoms with E-state index in [1.165, 1.54) is 5.56 Å². The first-order chi connectivity index (χ1) is 11.9. The number of nitrogens with zero attached hydrogens (tertiary/aromatic N) is 2. The van der Waals surface area contributed by atoms with Gasteiger partial charge in [0.05, 0.1) is 11.0 Å². The number of aromatic nitrogens is 2. The minimum absolute atomic E-state index is 0.162. The number of esters is 1. The fraction of sp³-hybridized carbons (Fsp3) is 0.300. The summed E-state index contributed by atoms with van der Waals surface area (Å²) in [6.45, 7) is 5.79. The van der Waals surface area contributed by atoms with E-state index < -0.39 is 5.60 Å². The maximum Gasteiger partial charge on any atom is 0.326 e. The molecule has 0 amide bonds. The number of fused-ring (bicyclic) bond motifs is 1. The Hall–Kier alpha value is -2.27. The van der Waals surface area contributed by atoms with Crippen LogP contribution in [-0.2, 0) is 21.8 Å². The summed E-state index contributed by atoms with van der Waals surface area (Å²) in [7, 11) is 0. The summed E-state index contributed by atoms with van der Waals surface area (Å²) >= 11 is 1.63. The first-order valence-electron chi connectivity index (χ1n) is 8.26. The van der Waals surface area contributed by atoms with Crippen molar-refractivity contribution in [1.82, 2.24) is 9.55 Å². The zero-order valence-corrected chi connectivity index (χ0v) is 15.5. The monoisotopic (exact) mass is 354 g/mol. The molecule has 5 heteroatoms. The summed E-state index contributed by atoms with van der Waals surface area (Å²) in [4.78, 5) is 17.0. The average Bonchev–Trinajstić information content (AvgIpc) is 2.90. The molecule has 130 valence electrons. The lowest BCUT2D eigenvalue weighted by atomic mass is 10.2. The highest BCUT2D eigenvalue weighted by Crippen LogP contribution is 2.27. The number of imidazole rings is 1. The highest BCUT2D eigenvalue weighted by molar-refractivity contribution is 7.98. The van der Waals surface area contributed by atoms with E-state index in [4.69, 9.17) is 9.72 Å². The number of carbonyl (C=O) groups is 1. The Morgan fingerprint density at radius 1 is 1.08 bits per heavy atom. The van der Waals surface area contributed by atoms with Crippen molar-refractivity contribution in [3.63, 3.8) is 0 Å². The van der Waals surface area contributed by atoms with Gasteiger partial charge in [-0.1, -0.05) is 54.2 Å². The van der Waals surface area contributed by atoms with E-state index in [9.17, 15) is 4.79 Å². The van der Waals surface area contributed by atoms with E-state index in [-0.39, 0.29) is 12.5 Å². The Morgan fingerprint density at radius 3 is 2.48 bits per heavy atom. The van der Waals surface area contributed by atoms with E-state index in [2.05, 4.69) is 12.1 Å². The molecule has 2 aromatic carbocycles. The molecular weight excluding hydrogens is 332 g/mol. The third-order valence-corrected chi connectivity index (χ3v) is 4.59. The zero-order chi connectivity index (χ0) is 17.9. The highest BCUT2D eigenvalue weighted by atomic mass is 32.2. The topological polar surface area (TPSA) is 44.1 Å². The zero-order valence-electron chi connectivity index (χ0n) is 14.7. The van der Waals surface area contributed by atoms with Crippen molar-refractivity contribution in [3.05, 3.63) is 60.2 Å². The van der Waals surface area contributed by atoms with Gasteiger partial charge in [0.2, 0.25) is 0 Å². The molecule has 0 spiro atoms. The van der Waals surface area contributed by atoms with Crippen LogP contribution in [0.25, 0.3) is 11.0 Å². The molecule has 0 N–H and O–H groups in total.